The highest BCUT2D eigenvalue weighted by Crippen LogP contribution is 2.20. The summed E-state index contributed by atoms with van der Waals surface area (Å²) in [6, 6.07) is 5.07. The molecular weight excluding hydrogens is 268 g/mol. The third-order valence-electron chi connectivity index (χ3n) is 3.13. The number of nitrogen functional groups attached to an aromatic ring is 1. The van der Waals surface area contributed by atoms with Crippen LogP contribution in [0.15, 0.2) is 30.6 Å². The highest BCUT2D eigenvalue weighted by Gasteiger charge is 2.15. The number of benzene rings is 1. The second kappa shape index (κ2) is 6.30. The zero-order valence-corrected chi connectivity index (χ0v) is 12.5. The van der Waals surface area contributed by atoms with Gasteiger partial charge in [0.25, 0.3) is 5.91 Å². The molecule has 2 N–H and O–H groups in total. The first-order valence-electron chi connectivity index (χ1n) is 6.76. The van der Waals surface area contributed by atoms with Crippen LogP contribution >= 0.6 is 0 Å². The molecule has 21 heavy (non-hydrogen) atoms. The third kappa shape index (κ3) is 3.53. The lowest BCUT2D eigenvalue weighted by atomic mass is 10.1. The number of anilines is 1. The van der Waals surface area contributed by atoms with Crippen molar-refractivity contribution in [1.82, 2.24) is 14.5 Å². The number of amides is 1. The molecule has 2 aromatic rings. The highest BCUT2D eigenvalue weighted by atomic mass is 16.5. The van der Waals surface area contributed by atoms with E-state index in [2.05, 4.69) is 4.98 Å². The van der Waals surface area contributed by atoms with Gasteiger partial charge in [0.1, 0.15) is 11.6 Å². The minimum atomic E-state index is -0.119. The van der Waals surface area contributed by atoms with Crippen molar-refractivity contribution in [3.8, 4) is 5.75 Å². The van der Waals surface area contributed by atoms with Crippen LogP contribution in [-0.2, 0) is 13.6 Å². The molecule has 0 fully saturated rings. The molecule has 1 aromatic carbocycles. The van der Waals surface area contributed by atoms with Crippen LogP contribution in [0, 0.1) is 0 Å². The van der Waals surface area contributed by atoms with E-state index in [0.29, 0.717) is 30.2 Å². The summed E-state index contributed by atoms with van der Waals surface area (Å²) in [5.41, 5.74) is 6.84. The molecule has 1 amide bonds. The van der Waals surface area contributed by atoms with Crippen LogP contribution in [0.3, 0.4) is 0 Å². The first-order valence-corrected chi connectivity index (χ1v) is 6.76. The van der Waals surface area contributed by atoms with E-state index in [9.17, 15) is 4.79 Å². The Balaban J connectivity index is 2.17. The van der Waals surface area contributed by atoms with Gasteiger partial charge < -0.3 is 19.9 Å². The Morgan fingerprint density at radius 2 is 2.19 bits per heavy atom. The largest absolute Gasteiger partial charge is 0.494 e. The van der Waals surface area contributed by atoms with E-state index >= 15 is 0 Å². The highest BCUT2D eigenvalue weighted by molar-refractivity contribution is 5.95. The van der Waals surface area contributed by atoms with Gasteiger partial charge in [-0.2, -0.15) is 0 Å². The fraction of sp³-hybridized carbons (Fsp3) is 0.333. The molecule has 0 saturated heterocycles. The molecule has 0 aliphatic rings. The van der Waals surface area contributed by atoms with Gasteiger partial charge in [0, 0.05) is 43.8 Å². The summed E-state index contributed by atoms with van der Waals surface area (Å²) in [4.78, 5) is 18.3. The average molecular weight is 288 g/mol. The van der Waals surface area contributed by atoms with Gasteiger partial charge in [0.2, 0.25) is 0 Å². The van der Waals surface area contributed by atoms with Crippen molar-refractivity contribution in [2.24, 2.45) is 7.05 Å². The van der Waals surface area contributed by atoms with Gasteiger partial charge in [-0.25, -0.2) is 4.98 Å². The lowest BCUT2D eigenvalue weighted by Gasteiger charge is -2.17. The monoisotopic (exact) mass is 288 g/mol. The van der Waals surface area contributed by atoms with Crippen molar-refractivity contribution in [2.45, 2.75) is 13.5 Å². The molecule has 112 valence electrons. The number of aryl methyl sites for hydroxylation is 1. The summed E-state index contributed by atoms with van der Waals surface area (Å²) in [7, 11) is 3.63. The number of nitrogens with two attached hydrogens (primary N) is 1. The van der Waals surface area contributed by atoms with Crippen LogP contribution in [-0.4, -0.2) is 34.0 Å². The Kier molecular flexibility index (Phi) is 4.47. The molecule has 0 atom stereocenters. The van der Waals surface area contributed by atoms with E-state index in [1.807, 2.05) is 24.7 Å². The third-order valence-corrected chi connectivity index (χ3v) is 3.13. The van der Waals surface area contributed by atoms with Gasteiger partial charge in [-0.15, -0.1) is 0 Å². The zero-order valence-electron chi connectivity index (χ0n) is 12.5. The van der Waals surface area contributed by atoms with Crippen molar-refractivity contribution >= 4 is 11.6 Å². The van der Waals surface area contributed by atoms with Crippen molar-refractivity contribution < 1.29 is 9.53 Å². The SMILES string of the molecule is CCOc1cc(N)cc(C(=O)N(C)Cc2nccn2C)c1. The van der Waals surface area contributed by atoms with Gasteiger partial charge in [-0.1, -0.05) is 0 Å². The van der Waals surface area contributed by atoms with Crippen molar-refractivity contribution in [3.05, 3.63) is 42.0 Å². The van der Waals surface area contributed by atoms with Crippen molar-refractivity contribution in [3.63, 3.8) is 0 Å². The minimum Gasteiger partial charge on any atom is -0.494 e. The lowest BCUT2D eigenvalue weighted by molar-refractivity contribution is 0.0780. The Hall–Kier alpha value is -2.50. The first-order chi connectivity index (χ1) is 10.0. The van der Waals surface area contributed by atoms with E-state index in [4.69, 9.17) is 10.5 Å². The maximum absolute atomic E-state index is 12.5. The Morgan fingerprint density at radius 1 is 1.43 bits per heavy atom. The summed E-state index contributed by atoms with van der Waals surface area (Å²) < 4.78 is 7.30. The predicted molar refractivity (Wildman–Crippen MR) is 81.0 cm³/mol. The molecule has 6 nitrogen and oxygen atoms in total. The molecule has 2 rings (SSSR count). The number of aromatic nitrogens is 2. The molecular formula is C15H20N4O2. The second-order valence-corrected chi connectivity index (χ2v) is 4.84. The maximum Gasteiger partial charge on any atom is 0.254 e. The number of ether oxygens (including phenoxy) is 1. The molecule has 6 heteroatoms. The minimum absolute atomic E-state index is 0.119. The van der Waals surface area contributed by atoms with Crippen LogP contribution in [0.1, 0.15) is 23.1 Å². The number of carbonyl (C=O) groups is 1. The van der Waals surface area contributed by atoms with E-state index < -0.39 is 0 Å². The molecule has 1 aromatic heterocycles. The Morgan fingerprint density at radius 3 is 2.81 bits per heavy atom. The Bertz CT molecular complexity index is 636. The number of carbonyl (C=O) groups excluding carboxylic acids is 1. The van der Waals surface area contributed by atoms with Crippen LogP contribution in [0.25, 0.3) is 0 Å². The normalized spacial score (nSPS) is 10.4. The maximum atomic E-state index is 12.5. The molecule has 0 saturated carbocycles. The standard InChI is InChI=1S/C15H20N4O2/c1-4-21-13-8-11(7-12(16)9-13)15(20)19(3)10-14-17-5-6-18(14)2/h5-9H,4,10,16H2,1-3H3. The lowest BCUT2D eigenvalue weighted by Crippen LogP contribution is -2.27. The summed E-state index contributed by atoms with van der Waals surface area (Å²) in [6.07, 6.45) is 3.56. The fourth-order valence-electron chi connectivity index (χ4n) is 2.05. The smallest absolute Gasteiger partial charge is 0.254 e. The quantitative estimate of drug-likeness (QED) is 0.849. The molecule has 0 bridgehead atoms. The van der Waals surface area contributed by atoms with Crippen LogP contribution in [0.4, 0.5) is 5.69 Å². The zero-order chi connectivity index (χ0) is 15.4. The van der Waals surface area contributed by atoms with Crippen LogP contribution in [0.5, 0.6) is 5.75 Å². The van der Waals surface area contributed by atoms with Gasteiger partial charge in [-0.3, -0.25) is 4.79 Å². The topological polar surface area (TPSA) is 73.4 Å². The first kappa shape index (κ1) is 14.9. The molecule has 0 spiro atoms. The molecule has 0 aliphatic carbocycles. The van der Waals surface area contributed by atoms with Crippen molar-refractivity contribution in [2.75, 3.05) is 19.4 Å². The van der Waals surface area contributed by atoms with E-state index in [1.165, 1.54) is 0 Å². The van der Waals surface area contributed by atoms with Gasteiger partial charge in [0.05, 0.1) is 13.2 Å². The van der Waals surface area contributed by atoms with Gasteiger partial charge in [-0.05, 0) is 19.1 Å². The number of rotatable bonds is 5. The van der Waals surface area contributed by atoms with Crippen LogP contribution < -0.4 is 10.5 Å². The number of hydrogen-bond donors (Lipinski definition) is 1. The summed E-state index contributed by atoms with van der Waals surface area (Å²) in [5.74, 6) is 1.30. The van der Waals surface area contributed by atoms with E-state index in [0.717, 1.165) is 5.82 Å². The van der Waals surface area contributed by atoms with E-state index in [-0.39, 0.29) is 5.91 Å². The Labute approximate surface area is 124 Å². The van der Waals surface area contributed by atoms with Crippen LogP contribution in [0.2, 0.25) is 0 Å². The van der Waals surface area contributed by atoms with E-state index in [1.54, 1.807) is 36.3 Å². The summed E-state index contributed by atoms with van der Waals surface area (Å²) in [5, 5.41) is 0. The molecule has 0 radical (unpaired) electrons. The van der Waals surface area contributed by atoms with Gasteiger partial charge >= 0.3 is 0 Å². The molecule has 0 unspecified atom stereocenters. The average Bonchev–Trinajstić information content (AvgIpc) is 2.83. The summed E-state index contributed by atoms with van der Waals surface area (Å²) >= 11 is 0. The molecule has 1 heterocycles. The second-order valence-electron chi connectivity index (χ2n) is 4.84. The number of nitrogens with zero attached hydrogens (tertiary/aromatic N) is 3. The van der Waals surface area contributed by atoms with Crippen molar-refractivity contribution in [1.29, 1.82) is 0 Å². The van der Waals surface area contributed by atoms with Gasteiger partial charge in [0.15, 0.2) is 0 Å². The molecule has 0 aliphatic heterocycles. The number of imidazole rings is 1. The summed E-state index contributed by atoms with van der Waals surface area (Å²) in [6.45, 7) is 2.85. The fourth-order valence-corrected chi connectivity index (χ4v) is 2.05. The predicted octanol–water partition coefficient (Wildman–Crippen LogP) is 1.67. The number of hydrogen-bond acceptors (Lipinski definition) is 4.